The zero-order valence-corrected chi connectivity index (χ0v) is 15.7. The van der Waals surface area contributed by atoms with E-state index >= 15 is 0 Å². The summed E-state index contributed by atoms with van der Waals surface area (Å²) < 4.78 is 0. The summed E-state index contributed by atoms with van der Waals surface area (Å²) in [6, 6.07) is 1.32. The van der Waals surface area contributed by atoms with Crippen molar-refractivity contribution in [1.82, 2.24) is 5.32 Å². The van der Waals surface area contributed by atoms with Gasteiger partial charge in [0.2, 0.25) is 0 Å². The first-order valence-corrected chi connectivity index (χ1v) is 11.4. The van der Waals surface area contributed by atoms with Gasteiger partial charge in [0.25, 0.3) is 0 Å². The minimum absolute atomic E-state index is 0.138. The smallest absolute Gasteiger partial charge is 0.0617 e. The van der Waals surface area contributed by atoms with Crippen molar-refractivity contribution < 1.29 is 5.11 Å². The van der Waals surface area contributed by atoms with E-state index in [9.17, 15) is 5.11 Å². The highest BCUT2D eigenvalue weighted by atomic mass is 32.2. The number of hydrogen-bond donors (Lipinski definition) is 2. The molecule has 24 heavy (non-hydrogen) atoms. The lowest BCUT2D eigenvalue weighted by Crippen LogP contribution is -2.39. The van der Waals surface area contributed by atoms with Crippen molar-refractivity contribution in [2.45, 2.75) is 106 Å². The molecule has 0 aromatic rings. The van der Waals surface area contributed by atoms with Crippen molar-refractivity contribution in [1.29, 1.82) is 0 Å². The lowest BCUT2D eigenvalue weighted by molar-refractivity contribution is 0.103. The standard InChI is InChI=1S/C20H34N2OS/c23-18-7-3-1-5-15(18)13-21-16-11-9-14(10-12-16)20-22-17-6-2-4-8-19(17)24-20/h13-20,22-23H,1-12H2. The van der Waals surface area contributed by atoms with Gasteiger partial charge in [-0.3, -0.25) is 4.99 Å². The van der Waals surface area contributed by atoms with Crippen LogP contribution in [0, 0.1) is 11.8 Å². The monoisotopic (exact) mass is 350 g/mol. The van der Waals surface area contributed by atoms with Crippen molar-refractivity contribution in [2.75, 3.05) is 0 Å². The molecule has 0 amide bonds. The average molecular weight is 351 g/mol. The highest BCUT2D eigenvalue weighted by Gasteiger charge is 2.40. The Morgan fingerprint density at radius 3 is 2.42 bits per heavy atom. The largest absolute Gasteiger partial charge is 0.392 e. The summed E-state index contributed by atoms with van der Waals surface area (Å²) in [6.45, 7) is 0. The highest BCUT2D eigenvalue weighted by molar-refractivity contribution is 8.00. The quantitative estimate of drug-likeness (QED) is 0.752. The topological polar surface area (TPSA) is 44.6 Å². The Morgan fingerprint density at radius 1 is 0.875 bits per heavy atom. The van der Waals surface area contributed by atoms with Gasteiger partial charge in [-0.25, -0.2) is 0 Å². The summed E-state index contributed by atoms with van der Waals surface area (Å²) in [4.78, 5) is 4.88. The zero-order valence-electron chi connectivity index (χ0n) is 14.9. The lowest BCUT2D eigenvalue weighted by atomic mass is 9.85. The van der Waals surface area contributed by atoms with Crippen molar-refractivity contribution in [2.24, 2.45) is 16.8 Å². The average Bonchev–Trinajstić information content (AvgIpc) is 3.06. The minimum atomic E-state index is -0.138. The molecule has 5 atom stereocenters. The minimum Gasteiger partial charge on any atom is -0.392 e. The Bertz CT molecular complexity index is 421. The highest BCUT2D eigenvalue weighted by Crippen LogP contribution is 2.43. The number of rotatable bonds is 3. The Hall–Kier alpha value is -0.0600. The molecule has 136 valence electrons. The zero-order chi connectivity index (χ0) is 16.4. The number of hydrogen-bond acceptors (Lipinski definition) is 4. The second-order valence-electron chi connectivity index (χ2n) is 8.54. The third kappa shape index (κ3) is 4.02. The van der Waals surface area contributed by atoms with Gasteiger partial charge >= 0.3 is 0 Å². The third-order valence-corrected chi connectivity index (χ3v) is 8.57. The Labute approximate surface area is 151 Å². The summed E-state index contributed by atoms with van der Waals surface area (Å²) in [5.41, 5.74) is 0. The van der Waals surface area contributed by atoms with Crippen LogP contribution < -0.4 is 5.32 Å². The number of aliphatic hydroxyl groups excluding tert-OH is 1. The van der Waals surface area contributed by atoms with Gasteiger partial charge in [-0.15, -0.1) is 11.8 Å². The number of thioether (sulfide) groups is 1. The van der Waals surface area contributed by atoms with Crippen LogP contribution in [0.1, 0.15) is 77.0 Å². The first-order chi connectivity index (χ1) is 11.8. The summed E-state index contributed by atoms with van der Waals surface area (Å²) in [6.07, 6.45) is 17.4. The van der Waals surface area contributed by atoms with Gasteiger partial charge in [0.05, 0.1) is 11.5 Å². The summed E-state index contributed by atoms with van der Waals surface area (Å²) in [7, 11) is 0. The second kappa shape index (κ2) is 8.09. The molecule has 2 N–H and O–H groups in total. The Balaban J connectivity index is 1.23. The van der Waals surface area contributed by atoms with Crippen LogP contribution in [-0.2, 0) is 0 Å². The van der Waals surface area contributed by atoms with Crippen molar-refractivity contribution in [3.63, 3.8) is 0 Å². The van der Waals surface area contributed by atoms with Crippen LogP contribution in [0.5, 0.6) is 0 Å². The van der Waals surface area contributed by atoms with Crippen molar-refractivity contribution >= 4 is 18.0 Å². The molecule has 4 heteroatoms. The molecule has 1 aliphatic heterocycles. The normalized spacial score (nSPS) is 47.0. The van der Waals surface area contributed by atoms with Gasteiger partial charge in [0.15, 0.2) is 0 Å². The molecule has 3 nitrogen and oxygen atoms in total. The number of fused-ring (bicyclic) bond motifs is 1. The van der Waals surface area contributed by atoms with Gasteiger partial charge in [0, 0.05) is 29.5 Å². The first-order valence-electron chi connectivity index (χ1n) is 10.4. The fraction of sp³-hybridized carbons (Fsp3) is 0.950. The second-order valence-corrected chi connectivity index (χ2v) is 9.92. The fourth-order valence-electron chi connectivity index (χ4n) is 5.24. The molecule has 4 fully saturated rings. The predicted molar refractivity (Wildman–Crippen MR) is 103 cm³/mol. The molecular weight excluding hydrogens is 316 g/mol. The van der Waals surface area contributed by atoms with E-state index in [0.29, 0.717) is 17.3 Å². The van der Waals surface area contributed by atoms with Gasteiger partial charge in [-0.05, 0) is 57.3 Å². The lowest BCUT2D eigenvalue weighted by Gasteiger charge is -2.31. The van der Waals surface area contributed by atoms with E-state index < -0.39 is 0 Å². The molecule has 0 bridgehead atoms. The summed E-state index contributed by atoms with van der Waals surface area (Å²) in [5.74, 6) is 1.18. The molecule has 1 saturated heterocycles. The maximum absolute atomic E-state index is 10.1. The van der Waals surface area contributed by atoms with Gasteiger partial charge in [-0.1, -0.05) is 25.7 Å². The maximum atomic E-state index is 10.1. The fourth-order valence-corrected chi connectivity index (χ4v) is 7.07. The molecule has 4 rings (SSSR count). The summed E-state index contributed by atoms with van der Waals surface area (Å²) >= 11 is 2.26. The summed E-state index contributed by atoms with van der Waals surface area (Å²) in [5, 5.41) is 15.6. The molecule has 5 unspecified atom stereocenters. The Kier molecular flexibility index (Phi) is 5.85. The van der Waals surface area contributed by atoms with E-state index in [1.54, 1.807) is 0 Å². The van der Waals surface area contributed by atoms with E-state index in [2.05, 4.69) is 23.3 Å². The van der Waals surface area contributed by atoms with Gasteiger partial charge < -0.3 is 10.4 Å². The molecular formula is C20H34N2OS. The van der Waals surface area contributed by atoms with Crippen LogP contribution in [0.25, 0.3) is 0 Å². The van der Waals surface area contributed by atoms with Crippen molar-refractivity contribution in [3.05, 3.63) is 0 Å². The predicted octanol–water partition coefficient (Wildman–Crippen LogP) is 4.14. The molecule has 3 saturated carbocycles. The molecule has 0 aromatic carbocycles. The van der Waals surface area contributed by atoms with Crippen molar-refractivity contribution in [3.8, 4) is 0 Å². The number of aliphatic hydroxyl groups is 1. The van der Waals surface area contributed by atoms with E-state index in [4.69, 9.17) is 4.99 Å². The van der Waals surface area contributed by atoms with E-state index in [1.165, 1.54) is 64.2 Å². The number of nitrogens with one attached hydrogen (secondary N) is 1. The third-order valence-electron chi connectivity index (χ3n) is 6.84. The van der Waals surface area contributed by atoms with Crippen LogP contribution in [0.2, 0.25) is 0 Å². The number of nitrogens with zero attached hydrogens (tertiary/aromatic N) is 1. The molecule has 0 spiro atoms. The van der Waals surface area contributed by atoms with Gasteiger partial charge in [0.1, 0.15) is 0 Å². The molecule has 4 aliphatic rings. The molecule has 0 radical (unpaired) electrons. The number of aliphatic imine (C=N–C) groups is 1. The van der Waals surface area contributed by atoms with E-state index in [1.807, 2.05) is 0 Å². The Morgan fingerprint density at radius 2 is 1.62 bits per heavy atom. The van der Waals surface area contributed by atoms with Crippen LogP contribution in [0.3, 0.4) is 0 Å². The van der Waals surface area contributed by atoms with Crippen LogP contribution >= 0.6 is 11.8 Å². The van der Waals surface area contributed by atoms with Crippen LogP contribution in [-0.4, -0.2) is 40.1 Å². The first kappa shape index (κ1) is 17.4. The molecule has 0 aromatic heterocycles. The van der Waals surface area contributed by atoms with E-state index in [-0.39, 0.29) is 6.10 Å². The SMILES string of the molecule is OC1CCCCC1C=NC1CCC(C2NC3CCCCC3S2)CC1. The molecule has 3 aliphatic carbocycles. The van der Waals surface area contributed by atoms with Crippen LogP contribution in [0.15, 0.2) is 4.99 Å². The van der Waals surface area contributed by atoms with Gasteiger partial charge in [-0.2, -0.15) is 0 Å². The van der Waals surface area contributed by atoms with E-state index in [0.717, 1.165) is 30.1 Å². The van der Waals surface area contributed by atoms with Crippen LogP contribution in [0.4, 0.5) is 0 Å². The maximum Gasteiger partial charge on any atom is 0.0617 e. The molecule has 1 heterocycles.